The summed E-state index contributed by atoms with van der Waals surface area (Å²) in [6.07, 6.45) is 9.74. The number of hydrogen-bond acceptors (Lipinski definition) is 6. The Morgan fingerprint density at radius 2 is 2.04 bits per heavy atom. The number of allylic oxidation sites excluding steroid dienone is 1. The van der Waals surface area contributed by atoms with Crippen molar-refractivity contribution in [1.29, 1.82) is 0 Å². The lowest BCUT2D eigenvalue weighted by Gasteiger charge is -2.13. The number of ether oxygens (including phenoxy) is 2. The molecule has 0 saturated carbocycles. The molecule has 1 amide bonds. The summed E-state index contributed by atoms with van der Waals surface area (Å²) in [7, 11) is 0. The number of nitrogens with zero attached hydrogens (tertiary/aromatic N) is 2. The number of amides is 1. The van der Waals surface area contributed by atoms with E-state index in [1.54, 1.807) is 6.07 Å². The molecule has 0 spiro atoms. The van der Waals surface area contributed by atoms with E-state index in [1.165, 1.54) is 37.6 Å². The Morgan fingerprint density at radius 1 is 1.11 bits per heavy atom. The number of benzene rings is 1. The maximum absolute atomic E-state index is 12.4. The van der Waals surface area contributed by atoms with Crippen LogP contribution in [0.15, 0.2) is 42.2 Å². The lowest BCUT2D eigenvalue weighted by Crippen LogP contribution is -2.24. The molecule has 0 saturated heterocycles. The van der Waals surface area contributed by atoms with Crippen molar-refractivity contribution in [3.63, 3.8) is 0 Å². The summed E-state index contributed by atoms with van der Waals surface area (Å²) in [5, 5.41) is 6.17. The van der Waals surface area contributed by atoms with Crippen LogP contribution in [-0.4, -0.2) is 29.2 Å². The lowest BCUT2D eigenvalue weighted by molar-refractivity contribution is 0.0945. The second-order valence-electron chi connectivity index (χ2n) is 6.94. The molecule has 7 heteroatoms. The number of hydrogen-bond donors (Lipinski definition) is 2. The van der Waals surface area contributed by atoms with Gasteiger partial charge in [0.05, 0.1) is 0 Å². The van der Waals surface area contributed by atoms with Crippen LogP contribution >= 0.6 is 0 Å². The fourth-order valence-corrected chi connectivity index (χ4v) is 3.38. The molecule has 4 rings (SSSR count). The maximum Gasteiger partial charge on any atom is 0.270 e. The van der Waals surface area contributed by atoms with Gasteiger partial charge >= 0.3 is 0 Å². The summed E-state index contributed by atoms with van der Waals surface area (Å²) in [5.74, 6) is 1.86. The first-order valence-corrected chi connectivity index (χ1v) is 9.68. The molecule has 0 unspecified atom stereocenters. The predicted octanol–water partition coefficient (Wildman–Crippen LogP) is 3.44. The Hall–Kier alpha value is -3.09. The van der Waals surface area contributed by atoms with E-state index >= 15 is 0 Å². The van der Waals surface area contributed by atoms with Gasteiger partial charge in [-0.3, -0.25) is 4.79 Å². The molecule has 2 aromatic rings. The maximum atomic E-state index is 12.4. The van der Waals surface area contributed by atoms with Gasteiger partial charge in [-0.15, -0.1) is 0 Å². The van der Waals surface area contributed by atoms with E-state index in [-0.39, 0.29) is 12.7 Å². The molecule has 1 aromatic carbocycles. The first-order valence-electron chi connectivity index (χ1n) is 9.68. The number of anilines is 1. The molecule has 2 aliphatic rings. The van der Waals surface area contributed by atoms with Gasteiger partial charge in [0, 0.05) is 19.2 Å². The number of rotatable bonds is 7. The highest BCUT2D eigenvalue weighted by Gasteiger charge is 2.14. The number of carbonyl (C=O) groups is 1. The predicted molar refractivity (Wildman–Crippen MR) is 105 cm³/mol. The smallest absolute Gasteiger partial charge is 0.270 e. The average Bonchev–Trinajstić information content (AvgIpc) is 3.21. The van der Waals surface area contributed by atoms with Gasteiger partial charge in [-0.25, -0.2) is 9.97 Å². The molecule has 7 nitrogen and oxygen atoms in total. The van der Waals surface area contributed by atoms with Gasteiger partial charge in [0.15, 0.2) is 11.5 Å². The quantitative estimate of drug-likeness (QED) is 0.716. The molecular weight excluding hydrogens is 356 g/mol. The van der Waals surface area contributed by atoms with Gasteiger partial charge in [0.25, 0.3) is 5.91 Å². The molecule has 0 bridgehead atoms. The molecule has 1 aromatic heterocycles. The molecule has 0 atom stereocenters. The largest absolute Gasteiger partial charge is 0.454 e. The third-order valence-electron chi connectivity index (χ3n) is 4.93. The second kappa shape index (κ2) is 8.73. The number of carbonyl (C=O) groups excluding carboxylic acids is 1. The molecule has 0 fully saturated rings. The molecule has 0 radical (unpaired) electrons. The zero-order chi connectivity index (χ0) is 19.2. The van der Waals surface area contributed by atoms with E-state index in [4.69, 9.17) is 9.47 Å². The van der Waals surface area contributed by atoms with Crippen molar-refractivity contribution in [3.05, 3.63) is 53.5 Å². The number of fused-ring (bicyclic) bond motifs is 1. The van der Waals surface area contributed by atoms with E-state index < -0.39 is 0 Å². The van der Waals surface area contributed by atoms with Gasteiger partial charge in [-0.05, 0) is 49.8 Å². The third-order valence-corrected chi connectivity index (χ3v) is 4.93. The summed E-state index contributed by atoms with van der Waals surface area (Å²) < 4.78 is 10.7. The fourth-order valence-electron chi connectivity index (χ4n) is 3.38. The summed E-state index contributed by atoms with van der Waals surface area (Å²) >= 11 is 0. The van der Waals surface area contributed by atoms with Crippen molar-refractivity contribution in [2.75, 3.05) is 18.7 Å². The highest BCUT2D eigenvalue weighted by Crippen LogP contribution is 2.32. The van der Waals surface area contributed by atoms with Crippen LogP contribution in [0.25, 0.3) is 0 Å². The highest BCUT2D eigenvalue weighted by atomic mass is 16.7. The van der Waals surface area contributed by atoms with E-state index in [9.17, 15) is 4.79 Å². The number of aromatic nitrogens is 2. The normalized spacial score (nSPS) is 15.1. The van der Waals surface area contributed by atoms with Crippen LogP contribution in [0.2, 0.25) is 0 Å². The molecule has 1 aliphatic carbocycles. The van der Waals surface area contributed by atoms with E-state index in [2.05, 4.69) is 26.7 Å². The monoisotopic (exact) mass is 380 g/mol. The van der Waals surface area contributed by atoms with Crippen molar-refractivity contribution < 1.29 is 14.3 Å². The molecule has 1 aliphatic heterocycles. The molecule has 2 heterocycles. The number of nitrogens with one attached hydrogen (secondary N) is 2. The zero-order valence-electron chi connectivity index (χ0n) is 15.7. The van der Waals surface area contributed by atoms with E-state index in [1.807, 2.05) is 18.2 Å². The molecule has 146 valence electrons. The Balaban J connectivity index is 1.29. The third kappa shape index (κ3) is 4.60. The van der Waals surface area contributed by atoms with Crippen LogP contribution in [0.4, 0.5) is 5.82 Å². The Kier molecular flexibility index (Phi) is 5.70. The second-order valence-corrected chi connectivity index (χ2v) is 6.94. The van der Waals surface area contributed by atoms with Crippen LogP contribution in [0.5, 0.6) is 11.5 Å². The molecule has 28 heavy (non-hydrogen) atoms. The minimum Gasteiger partial charge on any atom is -0.454 e. The van der Waals surface area contributed by atoms with Crippen LogP contribution in [0.1, 0.15) is 48.2 Å². The molecular formula is C21H24N4O3. The SMILES string of the molecule is O=C(NCc1ccc2c(c1)OCO2)c1cc(NCCC2=CCCCC2)ncn1. The lowest BCUT2D eigenvalue weighted by atomic mass is 9.97. The van der Waals surface area contributed by atoms with Crippen LogP contribution < -0.4 is 20.1 Å². The fraction of sp³-hybridized carbons (Fsp3) is 0.381. The summed E-state index contributed by atoms with van der Waals surface area (Å²) in [6.45, 7) is 1.43. The summed E-state index contributed by atoms with van der Waals surface area (Å²) in [4.78, 5) is 20.7. The Morgan fingerprint density at radius 3 is 2.93 bits per heavy atom. The van der Waals surface area contributed by atoms with Gasteiger partial charge in [-0.1, -0.05) is 17.7 Å². The first-order chi connectivity index (χ1) is 13.8. The van der Waals surface area contributed by atoms with Gasteiger partial charge in [0.2, 0.25) is 6.79 Å². The van der Waals surface area contributed by atoms with Gasteiger partial charge in [-0.2, -0.15) is 0 Å². The zero-order valence-corrected chi connectivity index (χ0v) is 15.7. The Bertz CT molecular complexity index is 882. The summed E-state index contributed by atoms with van der Waals surface area (Å²) in [5.41, 5.74) is 2.79. The van der Waals surface area contributed by atoms with Crippen LogP contribution in [-0.2, 0) is 6.54 Å². The standard InChI is InChI=1S/C21H24N4O3/c26-21(23-12-16-6-7-18-19(10-16)28-14-27-18)17-11-20(25-13-24-17)22-9-8-15-4-2-1-3-5-15/h4,6-7,10-11,13H,1-3,5,8-9,12,14H2,(H,23,26)(H,22,24,25). The van der Waals surface area contributed by atoms with Gasteiger partial charge < -0.3 is 20.1 Å². The topological polar surface area (TPSA) is 85.4 Å². The minimum atomic E-state index is -0.238. The molecule has 2 N–H and O–H groups in total. The van der Waals surface area contributed by atoms with Crippen molar-refractivity contribution in [3.8, 4) is 11.5 Å². The van der Waals surface area contributed by atoms with E-state index in [0.29, 0.717) is 23.8 Å². The van der Waals surface area contributed by atoms with Crippen LogP contribution in [0, 0.1) is 0 Å². The Labute approximate surface area is 164 Å². The van der Waals surface area contributed by atoms with Crippen LogP contribution in [0.3, 0.4) is 0 Å². The van der Waals surface area contributed by atoms with E-state index in [0.717, 1.165) is 24.3 Å². The summed E-state index contributed by atoms with van der Waals surface area (Å²) in [6, 6.07) is 7.30. The van der Waals surface area contributed by atoms with Gasteiger partial charge in [0.1, 0.15) is 17.8 Å². The average molecular weight is 380 g/mol. The minimum absolute atomic E-state index is 0.235. The highest BCUT2D eigenvalue weighted by molar-refractivity contribution is 5.92. The van der Waals surface area contributed by atoms with Crippen molar-refractivity contribution in [2.45, 2.75) is 38.6 Å². The van der Waals surface area contributed by atoms with Crippen molar-refractivity contribution >= 4 is 11.7 Å². The van der Waals surface area contributed by atoms with Crippen molar-refractivity contribution in [2.24, 2.45) is 0 Å². The first kappa shape index (κ1) is 18.3. The van der Waals surface area contributed by atoms with Crippen molar-refractivity contribution in [1.82, 2.24) is 15.3 Å².